The molecule has 3 aromatic carbocycles. The fourth-order valence-electron chi connectivity index (χ4n) is 4.41. The highest BCUT2D eigenvalue weighted by Gasteiger charge is 2.27. The SMILES string of the molecule is CCN(CC)C(C)OC(=O)c1cc(Cc2ccccc2O)c(Cc2ccccc2O)c(C(C)=O)c1O.Cl. The van der Waals surface area contributed by atoms with Gasteiger partial charge in [-0.05, 0) is 67.4 Å². The number of carbonyl (C=O) groups is 2. The Kier molecular flexibility index (Phi) is 10.5. The van der Waals surface area contributed by atoms with Crippen LogP contribution in [0.25, 0.3) is 0 Å². The van der Waals surface area contributed by atoms with Gasteiger partial charge < -0.3 is 20.1 Å². The molecule has 37 heavy (non-hydrogen) atoms. The maximum absolute atomic E-state index is 13.2. The molecule has 1 unspecified atom stereocenters. The lowest BCUT2D eigenvalue weighted by Crippen LogP contribution is -2.36. The predicted octanol–water partition coefficient (Wildman–Crippen LogP) is 5.45. The van der Waals surface area contributed by atoms with Crippen LogP contribution >= 0.6 is 12.4 Å². The summed E-state index contributed by atoms with van der Waals surface area (Å²) in [4.78, 5) is 27.9. The van der Waals surface area contributed by atoms with Crippen molar-refractivity contribution < 1.29 is 29.6 Å². The van der Waals surface area contributed by atoms with E-state index in [0.29, 0.717) is 35.3 Å². The summed E-state index contributed by atoms with van der Waals surface area (Å²) in [6, 6.07) is 15.1. The Balaban J connectivity index is 0.00000481. The first-order chi connectivity index (χ1) is 17.2. The molecular formula is C29H34ClNO6. The van der Waals surface area contributed by atoms with Crippen LogP contribution in [-0.2, 0) is 17.6 Å². The van der Waals surface area contributed by atoms with Gasteiger partial charge in [-0.25, -0.2) is 4.79 Å². The van der Waals surface area contributed by atoms with E-state index in [2.05, 4.69) is 0 Å². The number of phenolic OH excluding ortho intramolecular Hbond substituents is 3. The Morgan fingerprint density at radius 1 is 0.865 bits per heavy atom. The first-order valence-corrected chi connectivity index (χ1v) is 12.0. The number of Topliss-reactive ketones (excluding diaryl/α,β-unsaturated/α-hetero) is 1. The monoisotopic (exact) mass is 527 g/mol. The standard InChI is InChI=1S/C29H33NO6.ClH/c1-5-30(6-2)19(4)36-29(35)24-17-22(15-20-11-7-9-13-25(20)32)23(27(18(3)31)28(24)34)16-21-12-8-10-14-26(21)33;/h7-14,17,19,32-34H,5-6,15-16H2,1-4H3;1H. The van der Waals surface area contributed by atoms with E-state index in [0.717, 1.165) is 0 Å². The number of hydrogen-bond donors (Lipinski definition) is 3. The molecule has 8 heteroatoms. The van der Waals surface area contributed by atoms with E-state index in [1.54, 1.807) is 55.5 Å². The first-order valence-electron chi connectivity index (χ1n) is 12.0. The summed E-state index contributed by atoms with van der Waals surface area (Å²) >= 11 is 0. The van der Waals surface area contributed by atoms with Crippen LogP contribution < -0.4 is 0 Å². The van der Waals surface area contributed by atoms with Gasteiger partial charge in [-0.3, -0.25) is 9.69 Å². The molecule has 0 saturated heterocycles. The molecule has 0 radical (unpaired) electrons. The molecule has 3 N–H and O–H groups in total. The molecule has 0 amide bonds. The zero-order valence-corrected chi connectivity index (χ0v) is 22.3. The van der Waals surface area contributed by atoms with Crippen molar-refractivity contribution in [3.05, 3.63) is 88.0 Å². The second kappa shape index (κ2) is 13.1. The van der Waals surface area contributed by atoms with Crippen molar-refractivity contribution in [3.8, 4) is 17.2 Å². The van der Waals surface area contributed by atoms with Crippen molar-refractivity contribution in [1.82, 2.24) is 4.90 Å². The van der Waals surface area contributed by atoms with Crippen LogP contribution in [0.4, 0.5) is 0 Å². The van der Waals surface area contributed by atoms with E-state index in [1.807, 2.05) is 18.7 Å². The summed E-state index contributed by atoms with van der Waals surface area (Å²) in [5.41, 5.74) is 2.05. The zero-order chi connectivity index (χ0) is 26.4. The molecule has 7 nitrogen and oxygen atoms in total. The number of para-hydroxylation sites is 2. The smallest absolute Gasteiger partial charge is 0.343 e. The predicted molar refractivity (Wildman–Crippen MR) is 145 cm³/mol. The van der Waals surface area contributed by atoms with Crippen LogP contribution in [0.15, 0.2) is 54.6 Å². The van der Waals surface area contributed by atoms with Gasteiger partial charge in [-0.1, -0.05) is 50.2 Å². The van der Waals surface area contributed by atoms with Crippen molar-refractivity contribution in [3.63, 3.8) is 0 Å². The third kappa shape index (κ3) is 6.81. The van der Waals surface area contributed by atoms with Gasteiger partial charge in [0.1, 0.15) is 22.8 Å². The number of benzene rings is 3. The Morgan fingerprint density at radius 2 is 1.38 bits per heavy atom. The largest absolute Gasteiger partial charge is 0.508 e. The fraction of sp³-hybridized carbons (Fsp3) is 0.310. The van der Waals surface area contributed by atoms with Gasteiger partial charge in [-0.15, -0.1) is 12.4 Å². The third-order valence-electron chi connectivity index (χ3n) is 6.41. The van der Waals surface area contributed by atoms with Crippen LogP contribution in [0.5, 0.6) is 17.2 Å². The van der Waals surface area contributed by atoms with Gasteiger partial charge >= 0.3 is 5.97 Å². The van der Waals surface area contributed by atoms with Gasteiger partial charge in [-0.2, -0.15) is 0 Å². The molecule has 0 bridgehead atoms. The minimum atomic E-state index is -0.748. The Labute approximate surface area is 223 Å². The van der Waals surface area contributed by atoms with Crippen LogP contribution in [0, 0.1) is 0 Å². The second-order valence-electron chi connectivity index (χ2n) is 8.68. The number of rotatable bonds is 10. The van der Waals surface area contributed by atoms with Crippen LogP contribution in [0.1, 0.15) is 70.7 Å². The molecule has 0 saturated carbocycles. The minimum absolute atomic E-state index is 0. The number of nitrogens with zero attached hydrogens (tertiary/aromatic N) is 1. The second-order valence-corrected chi connectivity index (χ2v) is 8.68. The Hall–Kier alpha value is -3.55. The molecule has 0 fully saturated rings. The highest BCUT2D eigenvalue weighted by molar-refractivity contribution is 6.04. The molecule has 0 aliphatic carbocycles. The van der Waals surface area contributed by atoms with Gasteiger partial charge in [0.05, 0.1) is 5.56 Å². The Morgan fingerprint density at radius 3 is 1.86 bits per heavy atom. The van der Waals surface area contributed by atoms with Crippen LogP contribution in [0.2, 0.25) is 0 Å². The average Bonchev–Trinajstić information content (AvgIpc) is 2.83. The number of aromatic hydroxyl groups is 3. The molecule has 0 heterocycles. The van der Waals surface area contributed by atoms with Gasteiger partial charge in [0.25, 0.3) is 0 Å². The lowest BCUT2D eigenvalue weighted by Gasteiger charge is -2.26. The molecule has 0 aliphatic heterocycles. The fourth-order valence-corrected chi connectivity index (χ4v) is 4.41. The zero-order valence-electron chi connectivity index (χ0n) is 21.5. The lowest BCUT2D eigenvalue weighted by molar-refractivity contribution is -0.0199. The van der Waals surface area contributed by atoms with E-state index in [-0.39, 0.29) is 47.9 Å². The van der Waals surface area contributed by atoms with Crippen molar-refractivity contribution in [2.24, 2.45) is 0 Å². The lowest BCUT2D eigenvalue weighted by atomic mass is 9.87. The highest BCUT2D eigenvalue weighted by atomic mass is 35.5. The number of ketones is 1. The molecule has 3 aromatic rings. The van der Waals surface area contributed by atoms with E-state index in [1.165, 1.54) is 13.0 Å². The number of hydrogen-bond acceptors (Lipinski definition) is 7. The minimum Gasteiger partial charge on any atom is -0.508 e. The third-order valence-corrected chi connectivity index (χ3v) is 6.41. The van der Waals surface area contributed by atoms with Crippen LogP contribution in [0.3, 0.4) is 0 Å². The molecule has 3 rings (SSSR count). The summed E-state index contributed by atoms with van der Waals surface area (Å²) in [6.45, 7) is 8.33. The molecule has 198 valence electrons. The van der Waals surface area contributed by atoms with Crippen molar-refractivity contribution >= 4 is 24.2 Å². The summed E-state index contributed by atoms with van der Waals surface area (Å²) in [6.07, 6.45) is -0.194. The molecular weight excluding hydrogens is 494 g/mol. The summed E-state index contributed by atoms with van der Waals surface area (Å²) in [5.74, 6) is -1.50. The first kappa shape index (κ1) is 29.7. The average molecular weight is 528 g/mol. The number of esters is 1. The van der Waals surface area contributed by atoms with E-state index < -0.39 is 23.7 Å². The molecule has 0 aliphatic rings. The molecule has 0 aromatic heterocycles. The van der Waals surface area contributed by atoms with E-state index in [9.17, 15) is 24.9 Å². The normalized spacial score (nSPS) is 11.6. The van der Waals surface area contributed by atoms with Crippen molar-refractivity contribution in [2.75, 3.05) is 13.1 Å². The summed E-state index contributed by atoms with van der Waals surface area (Å²) in [7, 11) is 0. The van der Waals surface area contributed by atoms with E-state index >= 15 is 0 Å². The van der Waals surface area contributed by atoms with Crippen molar-refractivity contribution in [1.29, 1.82) is 0 Å². The van der Waals surface area contributed by atoms with E-state index in [4.69, 9.17) is 4.74 Å². The Bertz CT molecular complexity index is 1260. The van der Waals surface area contributed by atoms with Crippen LogP contribution in [-0.4, -0.2) is 51.3 Å². The number of ether oxygens (including phenoxy) is 1. The summed E-state index contributed by atoms with van der Waals surface area (Å²) < 4.78 is 5.63. The van der Waals surface area contributed by atoms with Gasteiger partial charge in [0, 0.05) is 12.8 Å². The van der Waals surface area contributed by atoms with Gasteiger partial charge in [0.2, 0.25) is 0 Å². The topological polar surface area (TPSA) is 107 Å². The molecule has 0 spiro atoms. The quantitative estimate of drug-likeness (QED) is 0.183. The van der Waals surface area contributed by atoms with Gasteiger partial charge in [0.15, 0.2) is 12.0 Å². The number of halogens is 1. The molecule has 1 atom stereocenters. The number of carbonyl (C=O) groups excluding carboxylic acids is 2. The highest BCUT2D eigenvalue weighted by Crippen LogP contribution is 2.35. The maximum atomic E-state index is 13.2. The maximum Gasteiger partial charge on any atom is 0.343 e. The summed E-state index contributed by atoms with van der Waals surface area (Å²) in [5, 5.41) is 31.9. The number of phenols is 3. The van der Waals surface area contributed by atoms with Crippen molar-refractivity contribution in [2.45, 2.75) is 46.8 Å².